The Balaban J connectivity index is 5.93. The van der Waals surface area contributed by atoms with E-state index in [1.165, 1.54) is 0 Å². The molecule has 154 valence electrons. The van der Waals surface area contributed by atoms with Gasteiger partial charge >= 0.3 is 11.9 Å². The molecule has 0 aromatic carbocycles. The van der Waals surface area contributed by atoms with Gasteiger partial charge < -0.3 is 9.84 Å². The highest BCUT2D eigenvalue weighted by Crippen LogP contribution is 2.29. The van der Waals surface area contributed by atoms with E-state index in [2.05, 4.69) is 0 Å². The topological polar surface area (TPSA) is 172 Å². The molecule has 0 aliphatic rings. The van der Waals surface area contributed by atoms with Crippen molar-refractivity contribution in [2.24, 2.45) is 0 Å². The fourth-order valence-corrected chi connectivity index (χ4v) is 4.82. The molecule has 0 heterocycles. The van der Waals surface area contributed by atoms with E-state index >= 15 is 0 Å². The Morgan fingerprint density at radius 2 is 1.38 bits per heavy atom. The van der Waals surface area contributed by atoms with Crippen molar-refractivity contribution in [2.45, 2.75) is 75.4 Å². The van der Waals surface area contributed by atoms with E-state index in [1.54, 1.807) is 13.8 Å². The van der Waals surface area contributed by atoms with E-state index in [1.807, 2.05) is 6.92 Å². The molecule has 0 aromatic rings. The van der Waals surface area contributed by atoms with Crippen LogP contribution in [-0.2, 0) is 34.6 Å². The van der Waals surface area contributed by atoms with Crippen LogP contribution in [0.1, 0.15) is 59.3 Å². The highest BCUT2D eigenvalue weighted by Gasteiger charge is 2.52. The summed E-state index contributed by atoms with van der Waals surface area (Å²) in [6.45, 7) is 5.29. The lowest BCUT2D eigenvalue weighted by atomic mass is 9.90. The normalized spacial score (nSPS) is 15.3. The van der Waals surface area contributed by atoms with Gasteiger partial charge in [-0.25, -0.2) is 0 Å². The van der Waals surface area contributed by atoms with Gasteiger partial charge in [-0.3, -0.25) is 18.7 Å². The second-order valence-electron chi connectivity index (χ2n) is 5.98. The van der Waals surface area contributed by atoms with Crippen LogP contribution >= 0.6 is 0 Å². The molecule has 0 spiro atoms. The quantitative estimate of drug-likeness (QED) is 0.238. The summed E-state index contributed by atoms with van der Waals surface area (Å²) in [5.74, 6) is -4.05. The van der Waals surface area contributed by atoms with E-state index in [0.29, 0.717) is 12.8 Å². The van der Waals surface area contributed by atoms with Gasteiger partial charge in [0.05, 0.1) is 0 Å². The van der Waals surface area contributed by atoms with Gasteiger partial charge in [-0.05, 0) is 25.7 Å². The largest absolute Gasteiger partial charge is 0.480 e. The lowest BCUT2D eigenvalue weighted by Crippen LogP contribution is -2.52. The van der Waals surface area contributed by atoms with Crippen LogP contribution in [-0.4, -0.2) is 59.1 Å². The fourth-order valence-electron chi connectivity index (χ4n) is 2.58. The SMILES string of the molecule is CCCCCC(CC)(CC)OC(=O)C(C(C(=O)O)S(=O)(=O)O)S(=O)(=O)O. The molecule has 0 fully saturated rings. The average Bonchev–Trinajstić information content (AvgIpc) is 2.48. The van der Waals surface area contributed by atoms with Gasteiger partial charge in [0, 0.05) is 0 Å². The zero-order valence-corrected chi connectivity index (χ0v) is 16.5. The van der Waals surface area contributed by atoms with E-state index in [-0.39, 0.29) is 12.8 Å². The van der Waals surface area contributed by atoms with Crippen LogP contribution in [0.2, 0.25) is 0 Å². The predicted octanol–water partition coefficient (Wildman–Crippen LogP) is 1.27. The first-order chi connectivity index (χ1) is 11.8. The maximum atomic E-state index is 12.3. The molecular formula is C14H26O10S2. The summed E-state index contributed by atoms with van der Waals surface area (Å²) >= 11 is 0. The first-order valence-corrected chi connectivity index (χ1v) is 11.1. The van der Waals surface area contributed by atoms with Gasteiger partial charge in [0.2, 0.25) is 10.5 Å². The molecule has 2 unspecified atom stereocenters. The number of carbonyl (C=O) groups excluding carboxylic acids is 1. The second-order valence-corrected chi connectivity index (χ2v) is 9.05. The lowest BCUT2D eigenvalue weighted by molar-refractivity contribution is -0.163. The molecule has 0 radical (unpaired) electrons. The Hall–Kier alpha value is -1.24. The first kappa shape index (κ1) is 24.8. The summed E-state index contributed by atoms with van der Waals surface area (Å²) < 4.78 is 69.0. The lowest BCUT2D eigenvalue weighted by Gasteiger charge is -2.33. The number of carboxylic acid groups (broad SMARTS) is 1. The minimum absolute atomic E-state index is 0.265. The van der Waals surface area contributed by atoms with E-state index in [4.69, 9.17) is 14.4 Å². The molecule has 0 bridgehead atoms. The molecule has 0 aromatic heterocycles. The molecule has 26 heavy (non-hydrogen) atoms. The van der Waals surface area contributed by atoms with Crippen molar-refractivity contribution >= 4 is 32.2 Å². The van der Waals surface area contributed by atoms with Gasteiger partial charge in [0.1, 0.15) is 5.60 Å². The summed E-state index contributed by atoms with van der Waals surface area (Å²) in [7, 11) is -11.0. The van der Waals surface area contributed by atoms with Gasteiger partial charge in [-0.15, -0.1) is 0 Å². The van der Waals surface area contributed by atoms with Crippen LogP contribution in [0.4, 0.5) is 0 Å². The Bertz CT molecular complexity index is 691. The third kappa shape index (κ3) is 6.82. The Morgan fingerprint density at radius 1 is 0.923 bits per heavy atom. The van der Waals surface area contributed by atoms with Crippen molar-refractivity contribution in [3.8, 4) is 0 Å². The number of aliphatic carboxylic acids is 1. The fraction of sp³-hybridized carbons (Fsp3) is 0.857. The molecular weight excluding hydrogens is 392 g/mol. The van der Waals surface area contributed by atoms with Gasteiger partial charge in [0.15, 0.2) is 0 Å². The van der Waals surface area contributed by atoms with Crippen molar-refractivity contribution in [3.05, 3.63) is 0 Å². The molecule has 10 nitrogen and oxygen atoms in total. The summed E-state index contributed by atoms with van der Waals surface area (Å²) in [6.07, 6.45) is 3.20. The van der Waals surface area contributed by atoms with Crippen LogP contribution in [0.3, 0.4) is 0 Å². The zero-order valence-electron chi connectivity index (χ0n) is 14.9. The van der Waals surface area contributed by atoms with Crippen molar-refractivity contribution in [1.82, 2.24) is 0 Å². The highest BCUT2D eigenvalue weighted by molar-refractivity contribution is 7.91. The minimum Gasteiger partial charge on any atom is -0.480 e. The Labute approximate surface area is 153 Å². The van der Waals surface area contributed by atoms with Gasteiger partial charge in [-0.1, -0.05) is 33.6 Å². The van der Waals surface area contributed by atoms with Crippen LogP contribution in [0.5, 0.6) is 0 Å². The molecule has 0 saturated heterocycles. The zero-order chi connectivity index (χ0) is 20.8. The third-order valence-electron chi connectivity index (χ3n) is 4.23. The van der Waals surface area contributed by atoms with Crippen LogP contribution in [0.15, 0.2) is 0 Å². The number of hydrogen-bond donors (Lipinski definition) is 3. The summed E-state index contributed by atoms with van der Waals surface area (Å²) in [5.41, 5.74) is -1.14. The highest BCUT2D eigenvalue weighted by atomic mass is 32.2. The molecule has 0 amide bonds. The number of carbonyl (C=O) groups is 2. The van der Waals surface area contributed by atoms with Crippen molar-refractivity contribution < 1.29 is 45.4 Å². The maximum Gasteiger partial charge on any atom is 0.329 e. The van der Waals surface area contributed by atoms with Gasteiger partial charge in [-0.2, -0.15) is 16.8 Å². The molecule has 3 N–H and O–H groups in total. The van der Waals surface area contributed by atoms with E-state index < -0.39 is 48.3 Å². The van der Waals surface area contributed by atoms with Crippen LogP contribution in [0.25, 0.3) is 0 Å². The number of hydrogen-bond acceptors (Lipinski definition) is 7. The number of rotatable bonds is 12. The summed E-state index contributed by atoms with van der Waals surface area (Å²) in [4.78, 5) is 23.5. The number of carboxylic acids is 1. The number of unbranched alkanes of at least 4 members (excludes halogenated alkanes) is 2. The van der Waals surface area contributed by atoms with E-state index in [0.717, 1.165) is 12.8 Å². The second kappa shape index (κ2) is 9.62. The molecule has 0 aliphatic heterocycles. The molecule has 2 atom stereocenters. The minimum atomic E-state index is -5.52. The molecule has 0 aliphatic carbocycles. The number of esters is 1. The van der Waals surface area contributed by atoms with Crippen molar-refractivity contribution in [3.63, 3.8) is 0 Å². The predicted molar refractivity (Wildman–Crippen MR) is 91.9 cm³/mol. The average molecular weight is 418 g/mol. The monoisotopic (exact) mass is 418 g/mol. The smallest absolute Gasteiger partial charge is 0.329 e. The summed E-state index contributed by atoms with van der Waals surface area (Å²) in [5, 5.41) is 2.85. The van der Waals surface area contributed by atoms with E-state index in [9.17, 15) is 31.0 Å². The first-order valence-electron chi connectivity index (χ1n) is 8.14. The Morgan fingerprint density at radius 3 is 1.69 bits per heavy atom. The Kier molecular flexibility index (Phi) is 9.17. The van der Waals surface area contributed by atoms with Crippen LogP contribution < -0.4 is 0 Å². The van der Waals surface area contributed by atoms with Crippen molar-refractivity contribution in [2.75, 3.05) is 0 Å². The van der Waals surface area contributed by atoms with Crippen LogP contribution in [0, 0.1) is 0 Å². The number of ether oxygens (including phenoxy) is 1. The van der Waals surface area contributed by atoms with Crippen molar-refractivity contribution in [1.29, 1.82) is 0 Å². The summed E-state index contributed by atoms with van der Waals surface area (Å²) in [6, 6.07) is 0. The molecule has 0 saturated carbocycles. The molecule has 0 rings (SSSR count). The standard InChI is InChI=1S/C14H26O10S2/c1-4-7-8-9-14(5-2,6-3)24-13(17)11(26(21,22)23)10(12(15)16)25(18,19)20/h10-11H,4-9H2,1-3H3,(H,15,16)(H,18,19,20)(H,21,22,23). The maximum absolute atomic E-state index is 12.3. The van der Waals surface area contributed by atoms with Gasteiger partial charge in [0.25, 0.3) is 20.2 Å². The third-order valence-corrected chi connectivity index (χ3v) is 6.63. The molecule has 12 heteroatoms.